The van der Waals surface area contributed by atoms with Crippen LogP contribution in [0.2, 0.25) is 0 Å². The summed E-state index contributed by atoms with van der Waals surface area (Å²) in [6.07, 6.45) is 0.926. The molecule has 0 radical (unpaired) electrons. The molecule has 0 unspecified atom stereocenters. The fourth-order valence-corrected chi connectivity index (χ4v) is 3.02. The number of nitrogens with zero attached hydrogens (tertiary/aromatic N) is 1. The number of nitrogens with one attached hydrogen (secondary N) is 2. The van der Waals surface area contributed by atoms with E-state index in [1.54, 1.807) is 0 Å². The Labute approximate surface area is 119 Å². The van der Waals surface area contributed by atoms with Crippen molar-refractivity contribution in [1.82, 2.24) is 9.97 Å². The van der Waals surface area contributed by atoms with E-state index in [2.05, 4.69) is 50.1 Å². The molecule has 2 N–H and O–H groups in total. The molecule has 1 aromatic heterocycles. The van der Waals surface area contributed by atoms with Gasteiger partial charge in [0, 0.05) is 35.5 Å². The number of aryl methyl sites for hydroxylation is 4. The highest BCUT2D eigenvalue weighted by molar-refractivity contribution is 6.13. The van der Waals surface area contributed by atoms with Gasteiger partial charge in [0.15, 0.2) is 0 Å². The number of aromatic nitrogens is 2. The zero-order valence-corrected chi connectivity index (χ0v) is 12.8. The number of anilines is 1. The van der Waals surface area contributed by atoms with Gasteiger partial charge in [-0.15, -0.1) is 0 Å². The summed E-state index contributed by atoms with van der Waals surface area (Å²) < 4.78 is 0. The number of imidazole rings is 1. The lowest BCUT2D eigenvalue weighted by atomic mass is 9.95. The molecule has 0 amide bonds. The second-order valence-electron chi connectivity index (χ2n) is 5.44. The van der Waals surface area contributed by atoms with Gasteiger partial charge in [0.25, 0.3) is 0 Å². The van der Waals surface area contributed by atoms with Gasteiger partial charge in [-0.05, 0) is 31.9 Å². The highest BCUT2D eigenvalue weighted by Crippen LogP contribution is 2.37. The Kier molecular flexibility index (Phi) is 2.93. The van der Waals surface area contributed by atoms with Crippen LogP contribution in [0.25, 0.3) is 21.8 Å². The zero-order chi connectivity index (χ0) is 14.4. The second-order valence-corrected chi connectivity index (χ2v) is 5.44. The van der Waals surface area contributed by atoms with Gasteiger partial charge in [0.1, 0.15) is 5.82 Å². The minimum Gasteiger partial charge on any atom is -0.387 e. The number of benzene rings is 2. The highest BCUT2D eigenvalue weighted by Gasteiger charge is 2.16. The maximum absolute atomic E-state index is 4.75. The minimum atomic E-state index is 0.926. The van der Waals surface area contributed by atoms with E-state index >= 15 is 0 Å². The minimum absolute atomic E-state index is 0.926. The average molecular weight is 267 g/mol. The van der Waals surface area contributed by atoms with Crippen molar-refractivity contribution in [3.8, 4) is 0 Å². The smallest absolute Gasteiger partial charge is 0.106 e. The van der Waals surface area contributed by atoms with E-state index in [1.807, 2.05) is 7.05 Å². The van der Waals surface area contributed by atoms with Crippen molar-refractivity contribution in [2.75, 3.05) is 12.4 Å². The van der Waals surface area contributed by atoms with Crippen molar-refractivity contribution in [2.45, 2.75) is 34.1 Å². The predicted molar refractivity (Wildman–Crippen MR) is 86.7 cm³/mol. The monoisotopic (exact) mass is 267 g/mol. The summed E-state index contributed by atoms with van der Waals surface area (Å²) >= 11 is 0. The van der Waals surface area contributed by atoms with Crippen molar-refractivity contribution < 1.29 is 0 Å². The first-order valence-electron chi connectivity index (χ1n) is 7.17. The van der Waals surface area contributed by atoms with E-state index in [4.69, 9.17) is 4.98 Å². The molecule has 0 fully saturated rings. The zero-order valence-electron chi connectivity index (χ0n) is 12.8. The van der Waals surface area contributed by atoms with Gasteiger partial charge in [0.05, 0.1) is 11.0 Å². The molecular formula is C17H21N3. The molecule has 0 bridgehead atoms. The SMILES string of the molecule is CCc1nc2c(C)c(NC)c3c(C)c(C)ccc3c2[nH]1. The average Bonchev–Trinajstić information content (AvgIpc) is 2.88. The molecular weight excluding hydrogens is 246 g/mol. The molecule has 3 rings (SSSR count). The molecule has 0 aliphatic rings. The van der Waals surface area contributed by atoms with E-state index in [9.17, 15) is 0 Å². The third kappa shape index (κ3) is 1.62. The molecule has 0 atom stereocenters. The Hall–Kier alpha value is -2.03. The third-order valence-electron chi connectivity index (χ3n) is 4.32. The molecule has 104 valence electrons. The largest absolute Gasteiger partial charge is 0.387 e. The Bertz CT molecular complexity index is 812. The fourth-order valence-electron chi connectivity index (χ4n) is 3.02. The molecule has 0 spiro atoms. The lowest BCUT2D eigenvalue weighted by molar-refractivity contribution is 1.00. The summed E-state index contributed by atoms with van der Waals surface area (Å²) in [6, 6.07) is 4.40. The Morgan fingerprint density at radius 2 is 1.90 bits per heavy atom. The first-order chi connectivity index (χ1) is 9.58. The van der Waals surface area contributed by atoms with Gasteiger partial charge in [0.2, 0.25) is 0 Å². The van der Waals surface area contributed by atoms with Crippen molar-refractivity contribution in [3.63, 3.8) is 0 Å². The van der Waals surface area contributed by atoms with Crippen LogP contribution in [0.15, 0.2) is 12.1 Å². The van der Waals surface area contributed by atoms with Gasteiger partial charge < -0.3 is 10.3 Å². The molecule has 20 heavy (non-hydrogen) atoms. The Morgan fingerprint density at radius 3 is 2.55 bits per heavy atom. The number of hydrogen-bond acceptors (Lipinski definition) is 2. The van der Waals surface area contributed by atoms with E-state index in [-0.39, 0.29) is 0 Å². The standard InChI is InChI=1S/C17H21N3/c1-6-13-19-16-11(4)15(18-5)14-10(3)9(2)7-8-12(14)17(16)20-13/h7-8,18H,6H2,1-5H3,(H,19,20). The molecule has 0 saturated carbocycles. The van der Waals surface area contributed by atoms with Gasteiger partial charge in [-0.2, -0.15) is 0 Å². The lowest BCUT2D eigenvalue weighted by Crippen LogP contribution is -1.97. The summed E-state index contributed by atoms with van der Waals surface area (Å²) in [7, 11) is 1.99. The number of H-pyrrole nitrogens is 1. The summed E-state index contributed by atoms with van der Waals surface area (Å²) in [6.45, 7) is 8.64. The van der Waals surface area contributed by atoms with Gasteiger partial charge in [-0.25, -0.2) is 4.98 Å². The molecule has 3 nitrogen and oxygen atoms in total. The van der Waals surface area contributed by atoms with E-state index in [0.29, 0.717) is 0 Å². The molecule has 0 saturated heterocycles. The summed E-state index contributed by atoms with van der Waals surface area (Å²) in [5.41, 5.74) is 7.33. The van der Waals surface area contributed by atoms with Crippen LogP contribution in [0.4, 0.5) is 5.69 Å². The highest BCUT2D eigenvalue weighted by atomic mass is 14.9. The van der Waals surface area contributed by atoms with E-state index in [1.165, 1.54) is 33.2 Å². The van der Waals surface area contributed by atoms with Crippen LogP contribution in [0.3, 0.4) is 0 Å². The van der Waals surface area contributed by atoms with Crippen LogP contribution >= 0.6 is 0 Å². The predicted octanol–water partition coefficient (Wildman–Crippen LogP) is 4.25. The Balaban J connectivity index is 2.60. The van der Waals surface area contributed by atoms with Crippen LogP contribution in [0.5, 0.6) is 0 Å². The molecule has 3 heteroatoms. The number of fused-ring (bicyclic) bond motifs is 3. The summed E-state index contributed by atoms with van der Waals surface area (Å²) in [5, 5.41) is 5.94. The van der Waals surface area contributed by atoms with Crippen LogP contribution < -0.4 is 5.32 Å². The Morgan fingerprint density at radius 1 is 1.15 bits per heavy atom. The summed E-state index contributed by atoms with van der Waals surface area (Å²) in [5.74, 6) is 1.05. The van der Waals surface area contributed by atoms with Gasteiger partial charge >= 0.3 is 0 Å². The summed E-state index contributed by atoms with van der Waals surface area (Å²) in [4.78, 5) is 8.23. The fraction of sp³-hybridized carbons (Fsp3) is 0.353. The second kappa shape index (κ2) is 4.51. The van der Waals surface area contributed by atoms with Crippen LogP contribution in [0.1, 0.15) is 29.4 Å². The normalized spacial score (nSPS) is 11.4. The molecule has 1 heterocycles. The lowest BCUT2D eigenvalue weighted by Gasteiger charge is -2.15. The quantitative estimate of drug-likeness (QED) is 0.729. The third-order valence-corrected chi connectivity index (χ3v) is 4.32. The molecule has 2 aromatic carbocycles. The first-order valence-corrected chi connectivity index (χ1v) is 7.17. The van der Waals surface area contributed by atoms with Crippen molar-refractivity contribution in [3.05, 3.63) is 34.6 Å². The molecule has 0 aliphatic carbocycles. The van der Waals surface area contributed by atoms with Crippen molar-refractivity contribution in [2.24, 2.45) is 0 Å². The topological polar surface area (TPSA) is 40.7 Å². The van der Waals surface area contributed by atoms with Crippen LogP contribution in [-0.2, 0) is 6.42 Å². The number of aromatic amines is 1. The first kappa shape index (κ1) is 13.0. The number of rotatable bonds is 2. The van der Waals surface area contributed by atoms with Crippen LogP contribution in [0, 0.1) is 20.8 Å². The van der Waals surface area contributed by atoms with E-state index < -0.39 is 0 Å². The molecule has 3 aromatic rings. The number of hydrogen-bond donors (Lipinski definition) is 2. The van der Waals surface area contributed by atoms with Crippen LogP contribution in [-0.4, -0.2) is 17.0 Å². The van der Waals surface area contributed by atoms with Gasteiger partial charge in [-0.3, -0.25) is 0 Å². The molecule has 0 aliphatic heterocycles. The van der Waals surface area contributed by atoms with Gasteiger partial charge in [-0.1, -0.05) is 19.1 Å². The maximum Gasteiger partial charge on any atom is 0.106 e. The van der Waals surface area contributed by atoms with Crippen molar-refractivity contribution >= 4 is 27.5 Å². The van der Waals surface area contributed by atoms with Crippen molar-refractivity contribution in [1.29, 1.82) is 0 Å². The maximum atomic E-state index is 4.75. The van der Waals surface area contributed by atoms with E-state index in [0.717, 1.165) is 23.3 Å².